The third-order valence-electron chi connectivity index (χ3n) is 5.99. The average molecular weight is 449 g/mol. The van der Waals surface area contributed by atoms with Crippen molar-refractivity contribution < 1.29 is 18.7 Å². The summed E-state index contributed by atoms with van der Waals surface area (Å²) in [6, 6.07) is 6.90. The van der Waals surface area contributed by atoms with E-state index in [4.69, 9.17) is 9.15 Å². The smallest absolute Gasteiger partial charge is 0.254 e. The van der Waals surface area contributed by atoms with Crippen LogP contribution in [0.4, 0.5) is 0 Å². The summed E-state index contributed by atoms with van der Waals surface area (Å²) in [5.41, 5.74) is 1.19. The molecule has 11 heteroatoms. The molecule has 2 aromatic heterocycles. The Morgan fingerprint density at radius 3 is 2.79 bits per heavy atom. The molecule has 170 valence electrons. The third kappa shape index (κ3) is 4.40. The van der Waals surface area contributed by atoms with Crippen LogP contribution in [-0.4, -0.2) is 75.2 Å². The van der Waals surface area contributed by atoms with E-state index < -0.39 is 0 Å². The highest BCUT2D eigenvalue weighted by Crippen LogP contribution is 2.27. The van der Waals surface area contributed by atoms with E-state index in [1.165, 1.54) is 18.7 Å². The topological polar surface area (TPSA) is 135 Å². The van der Waals surface area contributed by atoms with Crippen molar-refractivity contribution in [1.29, 1.82) is 0 Å². The van der Waals surface area contributed by atoms with E-state index in [2.05, 4.69) is 35.7 Å². The lowest BCUT2D eigenvalue weighted by Crippen LogP contribution is -2.58. The Balaban J connectivity index is 1.25. The molecule has 0 unspecified atom stereocenters. The van der Waals surface area contributed by atoms with Crippen molar-refractivity contribution in [3.63, 3.8) is 0 Å². The van der Waals surface area contributed by atoms with Gasteiger partial charge in [0, 0.05) is 49.6 Å². The first-order chi connectivity index (χ1) is 16.1. The molecule has 1 aromatic carbocycles. The molecule has 0 saturated carbocycles. The number of carbonyl (C=O) groups is 2. The summed E-state index contributed by atoms with van der Waals surface area (Å²) in [5.74, 6) is 1.39. The molecule has 0 bridgehead atoms. The van der Waals surface area contributed by atoms with Gasteiger partial charge in [0.15, 0.2) is 0 Å². The quantitative estimate of drug-likeness (QED) is 0.550. The molecular formula is C22H23N7O4. The van der Waals surface area contributed by atoms with Crippen LogP contribution >= 0.6 is 0 Å². The zero-order valence-electron chi connectivity index (χ0n) is 18.0. The first-order valence-electron chi connectivity index (χ1n) is 10.7. The van der Waals surface area contributed by atoms with E-state index >= 15 is 0 Å². The van der Waals surface area contributed by atoms with Crippen molar-refractivity contribution in [1.82, 2.24) is 35.7 Å². The SMILES string of the molecule is COc1ccc(-c2nnc(C[C@@H]3CNC(=O)[C@@H]4C[C@H](NC(=O)c5cncnc5)CN34)o2)cc1. The summed E-state index contributed by atoms with van der Waals surface area (Å²) >= 11 is 0. The largest absolute Gasteiger partial charge is 0.497 e. The molecule has 11 nitrogen and oxygen atoms in total. The summed E-state index contributed by atoms with van der Waals surface area (Å²) in [6.45, 7) is 1.03. The van der Waals surface area contributed by atoms with Crippen LogP contribution < -0.4 is 15.4 Å². The number of rotatable bonds is 6. The maximum Gasteiger partial charge on any atom is 0.254 e. The lowest BCUT2D eigenvalue weighted by Gasteiger charge is -2.36. The molecule has 33 heavy (non-hydrogen) atoms. The number of nitrogens with zero attached hydrogens (tertiary/aromatic N) is 5. The van der Waals surface area contributed by atoms with Crippen LogP contribution in [0, 0.1) is 0 Å². The normalized spacial score (nSPS) is 22.5. The Kier molecular flexibility index (Phi) is 5.69. The van der Waals surface area contributed by atoms with Gasteiger partial charge in [-0.15, -0.1) is 10.2 Å². The summed E-state index contributed by atoms with van der Waals surface area (Å²) in [6.07, 6.45) is 5.33. The number of benzene rings is 1. The first kappa shape index (κ1) is 21.0. The number of aromatic nitrogens is 4. The lowest BCUT2D eigenvalue weighted by molar-refractivity contribution is -0.129. The van der Waals surface area contributed by atoms with Gasteiger partial charge in [0.1, 0.15) is 12.1 Å². The van der Waals surface area contributed by atoms with Crippen LogP contribution in [0.2, 0.25) is 0 Å². The molecule has 5 rings (SSSR count). The third-order valence-corrected chi connectivity index (χ3v) is 5.99. The highest BCUT2D eigenvalue weighted by molar-refractivity contribution is 5.94. The maximum atomic E-state index is 12.5. The standard InChI is InChI=1S/C22H23N7O4/c1-32-17-4-2-13(3-5-17)22-28-27-19(33-22)7-16-10-25-21(31)18-6-15(11-29(16)18)26-20(30)14-8-23-12-24-9-14/h2-5,8-9,12,15-16,18H,6-7,10-11H2,1H3,(H,25,31)(H,26,30)/t15-,16+,18-/m0/s1. The van der Waals surface area contributed by atoms with Crippen molar-refractivity contribution >= 4 is 11.8 Å². The summed E-state index contributed by atoms with van der Waals surface area (Å²) in [5, 5.41) is 14.3. The minimum atomic E-state index is -0.315. The average Bonchev–Trinajstić information content (AvgIpc) is 3.49. The second-order valence-corrected chi connectivity index (χ2v) is 8.08. The van der Waals surface area contributed by atoms with E-state index in [1.54, 1.807) is 7.11 Å². The van der Waals surface area contributed by atoms with E-state index in [0.29, 0.717) is 43.3 Å². The van der Waals surface area contributed by atoms with Crippen molar-refractivity contribution in [2.75, 3.05) is 20.2 Å². The van der Waals surface area contributed by atoms with Crippen molar-refractivity contribution in [2.24, 2.45) is 0 Å². The highest BCUT2D eigenvalue weighted by atomic mass is 16.5. The molecule has 3 atom stereocenters. The van der Waals surface area contributed by atoms with Gasteiger partial charge in [-0.3, -0.25) is 14.5 Å². The van der Waals surface area contributed by atoms with Gasteiger partial charge in [-0.05, 0) is 30.7 Å². The fourth-order valence-corrected chi connectivity index (χ4v) is 4.34. The summed E-state index contributed by atoms with van der Waals surface area (Å²) in [7, 11) is 1.61. The summed E-state index contributed by atoms with van der Waals surface area (Å²) in [4.78, 5) is 34.8. The molecule has 0 aliphatic carbocycles. The minimum Gasteiger partial charge on any atom is -0.497 e. The monoisotopic (exact) mass is 449 g/mol. The fraction of sp³-hybridized carbons (Fsp3) is 0.364. The second kappa shape index (κ2) is 8.94. The number of methoxy groups -OCH3 is 1. The van der Waals surface area contributed by atoms with Crippen LogP contribution in [0.15, 0.2) is 47.4 Å². The van der Waals surface area contributed by atoms with Gasteiger partial charge in [0.05, 0.1) is 18.7 Å². The second-order valence-electron chi connectivity index (χ2n) is 8.08. The van der Waals surface area contributed by atoms with Gasteiger partial charge >= 0.3 is 0 Å². The summed E-state index contributed by atoms with van der Waals surface area (Å²) < 4.78 is 11.1. The molecule has 4 heterocycles. The Bertz CT molecular complexity index is 1140. The van der Waals surface area contributed by atoms with Crippen LogP contribution in [0.25, 0.3) is 11.5 Å². The first-order valence-corrected chi connectivity index (χ1v) is 10.7. The number of carbonyl (C=O) groups excluding carboxylic acids is 2. The molecule has 2 aliphatic rings. The molecule has 2 aliphatic heterocycles. The maximum absolute atomic E-state index is 12.5. The lowest BCUT2D eigenvalue weighted by atomic mass is 10.1. The van der Waals surface area contributed by atoms with Gasteiger partial charge < -0.3 is 19.8 Å². The zero-order valence-corrected chi connectivity index (χ0v) is 18.0. The fourth-order valence-electron chi connectivity index (χ4n) is 4.34. The molecule has 2 fully saturated rings. The molecule has 2 N–H and O–H groups in total. The highest BCUT2D eigenvalue weighted by Gasteiger charge is 2.44. The zero-order chi connectivity index (χ0) is 22.8. The van der Waals surface area contributed by atoms with Crippen LogP contribution in [0.5, 0.6) is 5.75 Å². The molecule has 2 saturated heterocycles. The minimum absolute atomic E-state index is 0.0150. The van der Waals surface area contributed by atoms with Gasteiger partial charge in [0.25, 0.3) is 5.91 Å². The van der Waals surface area contributed by atoms with Crippen molar-refractivity contribution in [3.05, 3.63) is 54.4 Å². The Labute approximate surface area is 189 Å². The molecule has 2 amide bonds. The Morgan fingerprint density at radius 1 is 1.24 bits per heavy atom. The number of amides is 2. The number of hydrogen-bond donors (Lipinski definition) is 2. The number of nitrogens with one attached hydrogen (secondary N) is 2. The number of ether oxygens (including phenoxy) is 1. The molecule has 0 spiro atoms. The van der Waals surface area contributed by atoms with Crippen molar-refractivity contribution in [3.8, 4) is 17.2 Å². The number of hydrogen-bond acceptors (Lipinski definition) is 9. The van der Waals surface area contributed by atoms with Gasteiger partial charge in [-0.25, -0.2) is 9.97 Å². The number of piperazine rings is 1. The van der Waals surface area contributed by atoms with E-state index in [1.807, 2.05) is 24.3 Å². The molecule has 0 radical (unpaired) electrons. The molecular weight excluding hydrogens is 426 g/mol. The molecule has 3 aromatic rings. The van der Waals surface area contributed by atoms with Crippen LogP contribution in [-0.2, 0) is 11.2 Å². The van der Waals surface area contributed by atoms with Gasteiger partial charge in [-0.1, -0.05) is 0 Å². The predicted molar refractivity (Wildman–Crippen MR) is 115 cm³/mol. The van der Waals surface area contributed by atoms with Crippen LogP contribution in [0.3, 0.4) is 0 Å². The van der Waals surface area contributed by atoms with Gasteiger partial charge in [0.2, 0.25) is 17.7 Å². The van der Waals surface area contributed by atoms with Gasteiger partial charge in [-0.2, -0.15) is 0 Å². The predicted octanol–water partition coefficient (Wildman–Crippen LogP) is 0.449. The number of fused-ring (bicyclic) bond motifs is 1. The Hall–Kier alpha value is -3.86. The van der Waals surface area contributed by atoms with E-state index in [9.17, 15) is 9.59 Å². The Morgan fingerprint density at radius 2 is 2.03 bits per heavy atom. The van der Waals surface area contributed by atoms with Crippen LogP contribution in [0.1, 0.15) is 22.7 Å². The van der Waals surface area contributed by atoms with E-state index in [-0.39, 0.29) is 29.9 Å². The van der Waals surface area contributed by atoms with Crippen molar-refractivity contribution in [2.45, 2.75) is 31.0 Å². The van der Waals surface area contributed by atoms with E-state index in [0.717, 1.165) is 11.3 Å².